The molecule has 0 bridgehead atoms. The van der Waals surface area contributed by atoms with Crippen molar-refractivity contribution in [3.63, 3.8) is 0 Å². The van der Waals surface area contributed by atoms with Crippen LogP contribution in [0.3, 0.4) is 0 Å². The highest BCUT2D eigenvalue weighted by Crippen LogP contribution is 2.32. The van der Waals surface area contributed by atoms with Gasteiger partial charge in [0.15, 0.2) is 0 Å². The van der Waals surface area contributed by atoms with Crippen LogP contribution in [-0.4, -0.2) is 11.9 Å². The number of ether oxygens (including phenoxy) is 4. The molecule has 0 aromatic heterocycles. The zero-order valence-corrected chi connectivity index (χ0v) is 28.1. The Morgan fingerprint density at radius 3 is 1.08 bits per heavy atom. The number of carbonyl (C=O) groups excluding carboxylic acids is 2. The summed E-state index contributed by atoms with van der Waals surface area (Å²) in [5.74, 6) is 2.15. The maximum atomic E-state index is 11.8. The van der Waals surface area contributed by atoms with Gasteiger partial charge in [0.2, 0.25) is 0 Å². The smallest absolute Gasteiger partial charge is 0.338 e. The highest BCUT2D eigenvalue weighted by molar-refractivity contribution is 5.91. The summed E-state index contributed by atoms with van der Waals surface area (Å²) >= 11 is 0. The molecule has 5 aromatic carbocycles. The normalized spacial score (nSPS) is 12.1. The predicted molar refractivity (Wildman–Crippen MR) is 192 cm³/mol. The van der Waals surface area contributed by atoms with Crippen molar-refractivity contribution in [3.05, 3.63) is 144 Å². The Labute approximate surface area is 281 Å². The van der Waals surface area contributed by atoms with Crippen LogP contribution >= 0.6 is 0 Å². The van der Waals surface area contributed by atoms with Gasteiger partial charge in [0.25, 0.3) is 0 Å². The average Bonchev–Trinajstić information content (AvgIpc) is 3.07. The van der Waals surface area contributed by atoms with Gasteiger partial charge in [0, 0.05) is 11.1 Å². The molecule has 5 aromatic rings. The third kappa shape index (κ3) is 7.91. The molecule has 48 heavy (non-hydrogen) atoms. The first-order valence-corrected chi connectivity index (χ1v) is 15.5. The monoisotopic (exact) mass is 638 g/mol. The molecule has 0 N–H and O–H groups in total. The zero-order chi connectivity index (χ0) is 34.5. The molecule has 242 valence electrons. The summed E-state index contributed by atoms with van der Waals surface area (Å²) in [4.78, 5) is 23.7. The van der Waals surface area contributed by atoms with E-state index < -0.39 is 11.9 Å². The van der Waals surface area contributed by atoms with E-state index in [1.54, 1.807) is 41.5 Å². The molecule has 0 saturated heterocycles. The van der Waals surface area contributed by atoms with Gasteiger partial charge >= 0.3 is 11.9 Å². The largest absolute Gasteiger partial charge is 0.458 e. The van der Waals surface area contributed by atoms with E-state index in [2.05, 4.69) is 73.8 Å². The Morgan fingerprint density at radius 2 is 0.729 bits per heavy atom. The lowest BCUT2D eigenvalue weighted by atomic mass is 9.97. The second-order valence-corrected chi connectivity index (χ2v) is 11.8. The Kier molecular flexibility index (Phi) is 9.95. The van der Waals surface area contributed by atoms with Crippen LogP contribution in [0.15, 0.2) is 144 Å². The van der Waals surface area contributed by atoms with E-state index in [4.69, 9.17) is 18.9 Å². The summed E-state index contributed by atoms with van der Waals surface area (Å²) in [5.41, 5.74) is 5.11. The van der Waals surface area contributed by atoms with Crippen LogP contribution < -0.4 is 9.47 Å². The number of fused-ring (bicyclic) bond motifs is 2. The van der Waals surface area contributed by atoms with Gasteiger partial charge in [0.1, 0.15) is 34.5 Å². The van der Waals surface area contributed by atoms with Gasteiger partial charge in [-0.15, -0.1) is 0 Å². The number of hydrogen-bond acceptors (Lipinski definition) is 6. The van der Waals surface area contributed by atoms with Gasteiger partial charge in [-0.3, -0.25) is 0 Å². The lowest BCUT2D eigenvalue weighted by Gasteiger charge is -2.12. The minimum atomic E-state index is -0.478. The highest BCUT2D eigenvalue weighted by Gasteiger charge is 2.11. The lowest BCUT2D eigenvalue weighted by molar-refractivity contribution is -0.136. The molecule has 0 aliphatic carbocycles. The van der Waals surface area contributed by atoms with Crippen LogP contribution in [0, 0.1) is 0 Å². The Morgan fingerprint density at radius 1 is 0.417 bits per heavy atom. The molecule has 0 amide bonds. The lowest BCUT2D eigenvalue weighted by Crippen LogP contribution is -2.06. The molecule has 0 aliphatic heterocycles. The quantitative estimate of drug-likeness (QED) is 0.0861. The number of esters is 2. The Bertz CT molecular complexity index is 1990. The fourth-order valence-electron chi connectivity index (χ4n) is 4.88. The van der Waals surface area contributed by atoms with Gasteiger partial charge in [0.05, 0.1) is 0 Å². The molecule has 0 aliphatic rings. The molecule has 0 heterocycles. The fraction of sp³-hybridized carbons (Fsp3) is 0.143. The van der Waals surface area contributed by atoms with Crippen molar-refractivity contribution in [1.82, 2.24) is 0 Å². The molecule has 6 heteroatoms. The van der Waals surface area contributed by atoms with E-state index in [-0.39, 0.29) is 0 Å². The third-order valence-electron chi connectivity index (χ3n) is 7.90. The third-order valence-corrected chi connectivity index (χ3v) is 7.90. The summed E-state index contributed by atoms with van der Waals surface area (Å²) < 4.78 is 22.5. The standard InChI is InChI=1S/C42H38O6/c1-25(2)41(43)47-29(7)27(5)45-39-19-17-35-21-33(13-15-37(35)23-39)31-9-11-32(12-10-31)34-14-16-38-24-40(20-18-36(38)22-34)46-28(6)30(8)48-42(44)26(3)4/h9-24H,1,3H2,2,4-8H3/b29-27+,30-28+. The number of benzene rings is 5. The van der Waals surface area contributed by atoms with Crippen LogP contribution in [0.1, 0.15) is 41.5 Å². The molecule has 0 unspecified atom stereocenters. The second-order valence-electron chi connectivity index (χ2n) is 11.8. The van der Waals surface area contributed by atoms with Gasteiger partial charge in [-0.2, -0.15) is 0 Å². The molecule has 0 radical (unpaired) electrons. The fourth-order valence-corrected chi connectivity index (χ4v) is 4.88. The molecular weight excluding hydrogens is 600 g/mol. The minimum absolute atomic E-state index is 0.329. The molecule has 0 saturated carbocycles. The molecule has 0 fully saturated rings. The SMILES string of the molecule is C=C(C)C(=O)O/C(C)=C(\C)Oc1ccc2cc(-c3ccc(-c4ccc5cc(O/C(C)=C(\C)OC(=O)C(=C)C)ccc5c4)cc3)ccc2c1. The van der Waals surface area contributed by atoms with Crippen LogP contribution in [-0.2, 0) is 19.1 Å². The average molecular weight is 639 g/mol. The van der Waals surface area contributed by atoms with Crippen molar-refractivity contribution >= 4 is 33.5 Å². The maximum absolute atomic E-state index is 11.8. The summed E-state index contributed by atoms with van der Waals surface area (Å²) in [7, 11) is 0. The number of rotatable bonds is 10. The van der Waals surface area contributed by atoms with Crippen molar-refractivity contribution in [1.29, 1.82) is 0 Å². The molecule has 5 rings (SSSR count). The first-order valence-electron chi connectivity index (χ1n) is 15.5. The van der Waals surface area contributed by atoms with Crippen LogP contribution in [0.25, 0.3) is 43.8 Å². The van der Waals surface area contributed by atoms with Crippen LogP contribution in [0.2, 0.25) is 0 Å². The molecule has 0 atom stereocenters. The van der Waals surface area contributed by atoms with E-state index in [9.17, 15) is 9.59 Å². The molecule has 6 nitrogen and oxygen atoms in total. The van der Waals surface area contributed by atoms with E-state index in [1.807, 2.05) is 36.4 Å². The van der Waals surface area contributed by atoms with Gasteiger partial charge in [-0.05, 0) is 122 Å². The van der Waals surface area contributed by atoms with Gasteiger partial charge in [-0.1, -0.05) is 73.8 Å². The van der Waals surface area contributed by atoms with Crippen molar-refractivity contribution in [2.75, 3.05) is 0 Å². The maximum Gasteiger partial charge on any atom is 0.338 e. The van der Waals surface area contributed by atoms with Crippen molar-refractivity contribution in [2.24, 2.45) is 0 Å². The Balaban J connectivity index is 1.28. The first-order chi connectivity index (χ1) is 22.9. The number of hydrogen-bond donors (Lipinski definition) is 0. The van der Waals surface area contributed by atoms with E-state index >= 15 is 0 Å². The van der Waals surface area contributed by atoms with Crippen LogP contribution in [0.5, 0.6) is 11.5 Å². The number of carbonyl (C=O) groups is 2. The summed E-state index contributed by atoms with van der Waals surface area (Å²) in [6, 6.07) is 33.0. The summed E-state index contributed by atoms with van der Waals surface area (Å²) in [6.07, 6.45) is 0. The minimum Gasteiger partial charge on any atom is -0.458 e. The Hall–Kier alpha value is -5.88. The summed E-state index contributed by atoms with van der Waals surface area (Å²) in [5, 5.41) is 4.24. The van der Waals surface area contributed by atoms with E-state index in [0.29, 0.717) is 45.7 Å². The highest BCUT2D eigenvalue weighted by atomic mass is 16.6. The van der Waals surface area contributed by atoms with Crippen LogP contribution in [0.4, 0.5) is 0 Å². The topological polar surface area (TPSA) is 71.1 Å². The molecule has 0 spiro atoms. The zero-order valence-electron chi connectivity index (χ0n) is 28.1. The first kappa shape index (κ1) is 33.5. The molecular formula is C42H38O6. The van der Waals surface area contributed by atoms with Gasteiger partial charge in [-0.25, -0.2) is 9.59 Å². The predicted octanol–water partition coefficient (Wildman–Crippen LogP) is 10.8. The van der Waals surface area contributed by atoms with E-state index in [0.717, 1.165) is 43.8 Å². The van der Waals surface area contributed by atoms with E-state index in [1.165, 1.54) is 0 Å². The number of allylic oxidation sites excluding steroid dienone is 4. The van der Waals surface area contributed by atoms with Crippen molar-refractivity contribution in [2.45, 2.75) is 41.5 Å². The summed E-state index contributed by atoms with van der Waals surface area (Å²) in [6.45, 7) is 17.3. The van der Waals surface area contributed by atoms with Crippen molar-refractivity contribution in [3.8, 4) is 33.8 Å². The second kappa shape index (κ2) is 14.3. The van der Waals surface area contributed by atoms with Crippen molar-refractivity contribution < 1.29 is 28.5 Å². The van der Waals surface area contributed by atoms with Gasteiger partial charge < -0.3 is 18.9 Å².